The zero-order valence-electron chi connectivity index (χ0n) is 14.0. The Kier molecular flexibility index (Phi) is 6.95. The van der Waals surface area contributed by atoms with Gasteiger partial charge in [-0.3, -0.25) is 0 Å². The highest BCUT2D eigenvalue weighted by molar-refractivity contribution is 5.83. The minimum Gasteiger partial charge on any atom is -0.467 e. The summed E-state index contributed by atoms with van der Waals surface area (Å²) in [6.07, 6.45) is 0.690. The topological polar surface area (TPSA) is 67.4 Å². The van der Waals surface area contributed by atoms with E-state index in [4.69, 9.17) is 4.74 Å². The Morgan fingerprint density at radius 3 is 2.44 bits per heavy atom. The lowest BCUT2D eigenvalue weighted by Crippen LogP contribution is -2.48. The van der Waals surface area contributed by atoms with Crippen molar-refractivity contribution < 1.29 is 18.7 Å². The fraction of sp³-hybridized carbons (Fsp3) is 0.263. The van der Waals surface area contributed by atoms with Gasteiger partial charge in [-0.15, -0.1) is 0 Å². The van der Waals surface area contributed by atoms with Gasteiger partial charge >= 0.3 is 12.0 Å². The number of esters is 1. The van der Waals surface area contributed by atoms with Gasteiger partial charge in [0, 0.05) is 13.0 Å². The number of nitrogens with one attached hydrogen (secondary N) is 2. The quantitative estimate of drug-likeness (QED) is 0.758. The molecule has 0 spiro atoms. The minimum atomic E-state index is -0.791. The van der Waals surface area contributed by atoms with Gasteiger partial charge in [0.05, 0.1) is 7.11 Å². The Hall–Kier alpha value is -2.89. The van der Waals surface area contributed by atoms with Crippen LogP contribution in [0.2, 0.25) is 0 Å². The van der Waals surface area contributed by atoms with Crippen molar-refractivity contribution in [2.24, 2.45) is 0 Å². The lowest BCUT2D eigenvalue weighted by atomic mass is 10.1. The number of hydrogen-bond acceptors (Lipinski definition) is 3. The standard InChI is InChI=1S/C19H21FN2O3/c1-25-18(23)17(13-14-7-3-2-4-8-14)22-19(24)21-12-11-15-9-5-6-10-16(15)20/h2-10,17H,11-13H2,1H3,(H2,21,22,24). The molecule has 5 nitrogen and oxygen atoms in total. The lowest BCUT2D eigenvalue weighted by Gasteiger charge is -2.17. The molecule has 0 aliphatic carbocycles. The summed E-state index contributed by atoms with van der Waals surface area (Å²) in [6.45, 7) is 0.256. The lowest BCUT2D eigenvalue weighted by molar-refractivity contribution is -0.142. The van der Waals surface area contributed by atoms with Crippen LogP contribution < -0.4 is 10.6 Å². The van der Waals surface area contributed by atoms with Crippen LogP contribution in [0.1, 0.15) is 11.1 Å². The average molecular weight is 344 g/mol. The maximum absolute atomic E-state index is 13.5. The molecule has 0 saturated heterocycles. The van der Waals surface area contributed by atoms with Crippen LogP contribution in [0.5, 0.6) is 0 Å². The number of urea groups is 1. The zero-order chi connectivity index (χ0) is 18.1. The number of carbonyl (C=O) groups excluding carboxylic acids is 2. The summed E-state index contributed by atoms with van der Waals surface area (Å²) in [5, 5.41) is 5.23. The zero-order valence-corrected chi connectivity index (χ0v) is 14.0. The summed E-state index contributed by atoms with van der Waals surface area (Å²) in [5.74, 6) is -0.825. The normalized spacial score (nSPS) is 11.4. The van der Waals surface area contributed by atoms with E-state index in [1.165, 1.54) is 13.2 Å². The third-order valence-corrected chi connectivity index (χ3v) is 3.71. The van der Waals surface area contributed by atoms with E-state index in [1.54, 1.807) is 18.2 Å². The van der Waals surface area contributed by atoms with Gasteiger partial charge in [0.1, 0.15) is 11.9 Å². The van der Waals surface area contributed by atoms with Gasteiger partial charge in [-0.2, -0.15) is 0 Å². The monoisotopic (exact) mass is 344 g/mol. The van der Waals surface area contributed by atoms with Crippen molar-refractivity contribution in [2.75, 3.05) is 13.7 Å². The first kappa shape index (κ1) is 18.4. The first-order chi connectivity index (χ1) is 12.1. The highest BCUT2D eigenvalue weighted by Gasteiger charge is 2.21. The van der Waals surface area contributed by atoms with Crippen LogP contribution in [0.25, 0.3) is 0 Å². The van der Waals surface area contributed by atoms with Crippen LogP contribution in [0.4, 0.5) is 9.18 Å². The predicted molar refractivity (Wildman–Crippen MR) is 92.6 cm³/mol. The highest BCUT2D eigenvalue weighted by atomic mass is 19.1. The van der Waals surface area contributed by atoms with Crippen LogP contribution in [0.15, 0.2) is 54.6 Å². The Bertz CT molecular complexity index is 707. The van der Waals surface area contributed by atoms with Gasteiger partial charge in [-0.1, -0.05) is 48.5 Å². The Balaban J connectivity index is 1.86. The Labute approximate surface area is 146 Å². The first-order valence-electron chi connectivity index (χ1n) is 7.99. The number of methoxy groups -OCH3 is 1. The molecular weight excluding hydrogens is 323 g/mol. The molecule has 25 heavy (non-hydrogen) atoms. The number of amides is 2. The summed E-state index contributed by atoms with van der Waals surface area (Å²) in [5.41, 5.74) is 1.43. The number of rotatable bonds is 7. The second kappa shape index (κ2) is 9.42. The van der Waals surface area contributed by atoms with E-state index in [2.05, 4.69) is 10.6 Å². The number of carbonyl (C=O) groups is 2. The van der Waals surface area contributed by atoms with Crippen LogP contribution in [-0.4, -0.2) is 31.7 Å². The number of halogens is 1. The van der Waals surface area contributed by atoms with E-state index < -0.39 is 18.0 Å². The molecule has 0 bridgehead atoms. The molecular formula is C19H21FN2O3. The van der Waals surface area contributed by atoms with Crippen molar-refractivity contribution in [3.05, 3.63) is 71.5 Å². The van der Waals surface area contributed by atoms with Gasteiger partial charge in [0.25, 0.3) is 0 Å². The molecule has 0 aromatic heterocycles. The molecule has 6 heteroatoms. The van der Waals surface area contributed by atoms with Crippen LogP contribution in [0, 0.1) is 5.82 Å². The molecule has 2 aromatic rings. The molecule has 2 amide bonds. The van der Waals surface area contributed by atoms with E-state index in [-0.39, 0.29) is 12.4 Å². The van der Waals surface area contributed by atoms with Crippen LogP contribution in [0.3, 0.4) is 0 Å². The van der Waals surface area contributed by atoms with Crippen LogP contribution >= 0.6 is 0 Å². The highest BCUT2D eigenvalue weighted by Crippen LogP contribution is 2.07. The SMILES string of the molecule is COC(=O)C(Cc1ccccc1)NC(=O)NCCc1ccccc1F. The van der Waals surface area contributed by atoms with E-state index in [0.29, 0.717) is 18.4 Å². The Morgan fingerprint density at radius 1 is 1.08 bits per heavy atom. The summed E-state index contributed by atoms with van der Waals surface area (Å²) >= 11 is 0. The third-order valence-electron chi connectivity index (χ3n) is 3.71. The molecule has 2 aromatic carbocycles. The fourth-order valence-corrected chi connectivity index (χ4v) is 2.41. The van der Waals surface area contributed by atoms with E-state index in [0.717, 1.165) is 5.56 Å². The molecule has 0 aliphatic heterocycles. The number of ether oxygens (including phenoxy) is 1. The van der Waals surface area contributed by atoms with Crippen molar-refractivity contribution in [1.82, 2.24) is 10.6 Å². The molecule has 0 saturated carbocycles. The second-order valence-electron chi connectivity index (χ2n) is 5.51. The summed E-state index contributed by atoms with van der Waals surface area (Å²) in [7, 11) is 1.28. The third kappa shape index (κ3) is 5.91. The summed E-state index contributed by atoms with van der Waals surface area (Å²) in [4.78, 5) is 23.9. The molecule has 2 N–H and O–H groups in total. The minimum absolute atomic E-state index is 0.256. The number of hydrogen-bond donors (Lipinski definition) is 2. The molecule has 0 radical (unpaired) electrons. The predicted octanol–water partition coefficient (Wildman–Crippen LogP) is 2.45. The van der Waals surface area contributed by atoms with Gasteiger partial charge in [-0.25, -0.2) is 14.0 Å². The van der Waals surface area contributed by atoms with Crippen LogP contribution in [-0.2, 0) is 22.4 Å². The molecule has 1 unspecified atom stereocenters. The molecule has 0 heterocycles. The van der Waals surface area contributed by atoms with Gasteiger partial charge in [-0.05, 0) is 23.6 Å². The van der Waals surface area contributed by atoms with E-state index in [1.807, 2.05) is 30.3 Å². The smallest absolute Gasteiger partial charge is 0.328 e. The van der Waals surface area contributed by atoms with Gasteiger partial charge < -0.3 is 15.4 Å². The van der Waals surface area contributed by atoms with Crippen molar-refractivity contribution in [3.8, 4) is 0 Å². The molecule has 1 atom stereocenters. The summed E-state index contributed by atoms with van der Waals surface area (Å²) in [6, 6.07) is 14.4. The van der Waals surface area contributed by atoms with Crippen molar-refractivity contribution >= 4 is 12.0 Å². The van der Waals surface area contributed by atoms with E-state index in [9.17, 15) is 14.0 Å². The summed E-state index contributed by atoms with van der Waals surface area (Å²) < 4.78 is 18.3. The van der Waals surface area contributed by atoms with Crippen molar-refractivity contribution in [2.45, 2.75) is 18.9 Å². The fourth-order valence-electron chi connectivity index (χ4n) is 2.41. The Morgan fingerprint density at radius 2 is 1.76 bits per heavy atom. The van der Waals surface area contributed by atoms with Gasteiger partial charge in [0.2, 0.25) is 0 Å². The molecule has 2 rings (SSSR count). The molecule has 132 valence electrons. The average Bonchev–Trinajstić information content (AvgIpc) is 2.63. The second-order valence-corrected chi connectivity index (χ2v) is 5.51. The molecule has 0 aliphatic rings. The largest absolute Gasteiger partial charge is 0.467 e. The number of benzene rings is 2. The maximum Gasteiger partial charge on any atom is 0.328 e. The van der Waals surface area contributed by atoms with E-state index >= 15 is 0 Å². The van der Waals surface area contributed by atoms with Crippen molar-refractivity contribution in [1.29, 1.82) is 0 Å². The first-order valence-corrected chi connectivity index (χ1v) is 7.99. The van der Waals surface area contributed by atoms with Crippen molar-refractivity contribution in [3.63, 3.8) is 0 Å². The maximum atomic E-state index is 13.5. The molecule has 0 fully saturated rings. The van der Waals surface area contributed by atoms with Gasteiger partial charge in [0.15, 0.2) is 0 Å².